The number of carbonyl (C=O) groups is 1. The fraction of sp³-hybridized carbons (Fsp3) is 0.250. The lowest BCUT2D eigenvalue weighted by atomic mass is 9.90. The van der Waals surface area contributed by atoms with Gasteiger partial charge in [-0.1, -0.05) is 25.1 Å². The van der Waals surface area contributed by atoms with Gasteiger partial charge in [0, 0.05) is 10.9 Å². The summed E-state index contributed by atoms with van der Waals surface area (Å²) in [5.41, 5.74) is 4.93. The number of carbonyl (C=O) groups excluding carboxylic acids is 1. The second kappa shape index (κ2) is 5.02. The molecular weight excluding hydrogens is 316 g/mol. The number of hydrogen-bond acceptors (Lipinski definition) is 4. The molecule has 3 aromatic rings. The molecule has 1 atom stereocenters. The van der Waals surface area contributed by atoms with Crippen LogP contribution in [-0.2, 0) is 22.7 Å². The van der Waals surface area contributed by atoms with Crippen LogP contribution in [-0.4, -0.2) is 15.5 Å². The Labute approximate surface area is 143 Å². The van der Waals surface area contributed by atoms with Crippen molar-refractivity contribution in [3.05, 3.63) is 63.4 Å². The van der Waals surface area contributed by atoms with Crippen molar-refractivity contribution in [2.75, 3.05) is 0 Å². The highest BCUT2D eigenvalue weighted by atomic mass is 16.5. The van der Waals surface area contributed by atoms with E-state index in [1.165, 1.54) is 0 Å². The van der Waals surface area contributed by atoms with Gasteiger partial charge in [-0.15, -0.1) is 0 Å². The number of nitrogens with zero attached hydrogens (tertiary/aromatic N) is 2. The third kappa shape index (κ3) is 1.92. The first-order chi connectivity index (χ1) is 12.2. The molecule has 0 unspecified atom stereocenters. The van der Waals surface area contributed by atoms with Crippen molar-refractivity contribution < 1.29 is 9.53 Å². The van der Waals surface area contributed by atoms with Crippen molar-refractivity contribution >= 4 is 16.9 Å². The Kier molecular flexibility index (Phi) is 2.89. The fourth-order valence-electron chi connectivity index (χ4n) is 3.95. The molecule has 5 heteroatoms. The van der Waals surface area contributed by atoms with Gasteiger partial charge in [0.05, 0.1) is 34.9 Å². The molecule has 0 radical (unpaired) electrons. The van der Waals surface area contributed by atoms with E-state index in [0.29, 0.717) is 18.5 Å². The predicted molar refractivity (Wildman–Crippen MR) is 93.4 cm³/mol. The summed E-state index contributed by atoms with van der Waals surface area (Å²) >= 11 is 0. The number of rotatable bonds is 1. The van der Waals surface area contributed by atoms with Crippen LogP contribution in [0.1, 0.15) is 36.0 Å². The number of ether oxygens (including phenoxy) is 1. The molecule has 2 aromatic heterocycles. The smallest absolute Gasteiger partial charge is 0.313 e. The maximum atomic E-state index is 13.0. The van der Waals surface area contributed by atoms with Crippen LogP contribution in [0.3, 0.4) is 0 Å². The summed E-state index contributed by atoms with van der Waals surface area (Å²) in [6.45, 7) is 2.51. The third-order valence-electron chi connectivity index (χ3n) is 5.24. The molecule has 25 heavy (non-hydrogen) atoms. The lowest BCUT2D eigenvalue weighted by molar-refractivity contribution is -0.148. The van der Waals surface area contributed by atoms with E-state index < -0.39 is 0 Å². The first-order valence-electron chi connectivity index (χ1n) is 8.49. The highest BCUT2D eigenvalue weighted by Gasteiger charge is 2.33. The van der Waals surface area contributed by atoms with Gasteiger partial charge in [0.1, 0.15) is 6.61 Å². The standard InChI is InChI=1S/C20H16N2O3/c1-2-13-14-8-17-18-12(7-11-5-3-4-6-16(11)21-18)9-22(17)19(23)15(14)10-25-20(13)24/h3-8,13H,2,9-10H2,1H3/t13-/m0/s1. The minimum atomic E-state index is -0.369. The number of para-hydroxylation sites is 1. The normalized spacial score (nSPS) is 17.8. The average molecular weight is 332 g/mol. The average Bonchev–Trinajstić information content (AvgIpc) is 2.98. The molecule has 0 spiro atoms. The maximum absolute atomic E-state index is 13.0. The first-order valence-corrected chi connectivity index (χ1v) is 8.49. The van der Waals surface area contributed by atoms with E-state index in [1.807, 2.05) is 37.3 Å². The van der Waals surface area contributed by atoms with Gasteiger partial charge in [-0.2, -0.15) is 0 Å². The highest BCUT2D eigenvalue weighted by molar-refractivity contribution is 5.85. The van der Waals surface area contributed by atoms with E-state index in [1.54, 1.807) is 4.57 Å². The molecule has 124 valence electrons. The number of fused-ring (bicyclic) bond motifs is 5. The molecule has 2 aliphatic heterocycles. The second-order valence-electron chi connectivity index (χ2n) is 6.61. The molecule has 0 fully saturated rings. The van der Waals surface area contributed by atoms with Crippen molar-refractivity contribution in [2.24, 2.45) is 0 Å². The molecule has 5 rings (SSSR count). The van der Waals surface area contributed by atoms with E-state index in [2.05, 4.69) is 6.07 Å². The zero-order chi connectivity index (χ0) is 17.1. The maximum Gasteiger partial charge on any atom is 0.313 e. The molecule has 0 aliphatic carbocycles. The third-order valence-corrected chi connectivity index (χ3v) is 5.24. The number of cyclic esters (lactones) is 1. The van der Waals surface area contributed by atoms with E-state index in [4.69, 9.17) is 9.72 Å². The summed E-state index contributed by atoms with van der Waals surface area (Å²) in [5, 5.41) is 1.07. The van der Waals surface area contributed by atoms with E-state index in [9.17, 15) is 9.59 Å². The Morgan fingerprint density at radius 1 is 1.24 bits per heavy atom. The van der Waals surface area contributed by atoms with Gasteiger partial charge in [0.2, 0.25) is 0 Å². The summed E-state index contributed by atoms with van der Waals surface area (Å²) in [7, 11) is 0. The van der Waals surface area contributed by atoms with Crippen molar-refractivity contribution in [1.29, 1.82) is 0 Å². The molecule has 2 aliphatic rings. The summed E-state index contributed by atoms with van der Waals surface area (Å²) in [4.78, 5) is 29.8. The minimum Gasteiger partial charge on any atom is -0.460 e. The zero-order valence-corrected chi connectivity index (χ0v) is 13.8. The Morgan fingerprint density at radius 2 is 2.08 bits per heavy atom. The molecule has 0 N–H and O–H groups in total. The van der Waals surface area contributed by atoms with Crippen LogP contribution in [0.15, 0.2) is 41.2 Å². The van der Waals surface area contributed by atoms with Crippen molar-refractivity contribution in [1.82, 2.24) is 9.55 Å². The van der Waals surface area contributed by atoms with E-state index >= 15 is 0 Å². The number of hydrogen-bond donors (Lipinski definition) is 0. The quantitative estimate of drug-likeness (QED) is 0.503. The molecule has 1 aromatic carbocycles. The summed E-state index contributed by atoms with van der Waals surface area (Å²) in [6, 6.07) is 12.0. The largest absolute Gasteiger partial charge is 0.460 e. The molecule has 0 amide bonds. The Morgan fingerprint density at radius 3 is 2.92 bits per heavy atom. The predicted octanol–water partition coefficient (Wildman–Crippen LogP) is 2.98. The lowest BCUT2D eigenvalue weighted by Gasteiger charge is -2.24. The van der Waals surface area contributed by atoms with Crippen molar-refractivity contribution in [3.63, 3.8) is 0 Å². The van der Waals surface area contributed by atoms with Crippen LogP contribution >= 0.6 is 0 Å². The topological polar surface area (TPSA) is 61.2 Å². The van der Waals surface area contributed by atoms with E-state index in [0.717, 1.165) is 33.4 Å². The van der Waals surface area contributed by atoms with Crippen LogP contribution in [0, 0.1) is 0 Å². The van der Waals surface area contributed by atoms with E-state index in [-0.39, 0.29) is 24.1 Å². The van der Waals surface area contributed by atoms with Gasteiger partial charge in [-0.3, -0.25) is 9.59 Å². The van der Waals surface area contributed by atoms with Crippen LogP contribution in [0.2, 0.25) is 0 Å². The first kappa shape index (κ1) is 14.4. The van der Waals surface area contributed by atoms with Crippen LogP contribution in [0.25, 0.3) is 22.3 Å². The van der Waals surface area contributed by atoms with Gasteiger partial charge in [0.15, 0.2) is 0 Å². The van der Waals surface area contributed by atoms with Gasteiger partial charge in [-0.25, -0.2) is 4.98 Å². The number of benzene rings is 1. The molecular formula is C20H16N2O3. The van der Waals surface area contributed by atoms with Gasteiger partial charge in [0.25, 0.3) is 5.56 Å². The molecule has 5 nitrogen and oxygen atoms in total. The SMILES string of the molecule is CC[C@@H]1C(=O)OCc2c1cc1n(c2=O)Cc2cc3ccccc3nc2-1. The Balaban J connectivity index is 1.79. The summed E-state index contributed by atoms with van der Waals surface area (Å²) in [6.07, 6.45) is 0.618. The molecule has 0 saturated carbocycles. The summed E-state index contributed by atoms with van der Waals surface area (Å²) in [5.74, 6) is -0.615. The number of pyridine rings is 2. The van der Waals surface area contributed by atoms with Crippen LogP contribution in [0.4, 0.5) is 0 Å². The van der Waals surface area contributed by atoms with Gasteiger partial charge in [-0.05, 0) is 30.2 Å². The monoisotopic (exact) mass is 332 g/mol. The van der Waals surface area contributed by atoms with Gasteiger partial charge < -0.3 is 9.30 Å². The van der Waals surface area contributed by atoms with Crippen LogP contribution < -0.4 is 5.56 Å². The van der Waals surface area contributed by atoms with Crippen molar-refractivity contribution in [2.45, 2.75) is 32.4 Å². The highest BCUT2D eigenvalue weighted by Crippen LogP contribution is 2.36. The fourth-order valence-corrected chi connectivity index (χ4v) is 3.95. The van der Waals surface area contributed by atoms with Gasteiger partial charge >= 0.3 is 5.97 Å². The Bertz CT molecular complexity index is 1110. The molecule has 4 heterocycles. The Hall–Kier alpha value is -2.95. The lowest BCUT2D eigenvalue weighted by Crippen LogP contribution is -2.32. The molecule has 0 saturated heterocycles. The number of esters is 1. The summed E-state index contributed by atoms with van der Waals surface area (Å²) < 4.78 is 6.97. The van der Waals surface area contributed by atoms with Crippen molar-refractivity contribution in [3.8, 4) is 11.4 Å². The zero-order valence-electron chi connectivity index (χ0n) is 13.8. The minimum absolute atomic E-state index is 0.0650. The van der Waals surface area contributed by atoms with Crippen LogP contribution in [0.5, 0.6) is 0 Å². The second-order valence-corrected chi connectivity index (χ2v) is 6.61. The number of aromatic nitrogens is 2. The molecule has 0 bridgehead atoms.